The standard InChI is InChI=1S/C19H21N5O/c25-15-19(16-8-3-1-4-9-16)12-7-13-23(14-19)18-20-21-22-24(18)17-10-5-2-6-11-17/h1-6,8-11,25H,7,12-15H2/t19-/m0/s1. The van der Waals surface area contributed by atoms with Crippen molar-refractivity contribution >= 4 is 5.95 Å². The highest BCUT2D eigenvalue weighted by atomic mass is 16.3. The zero-order chi connectivity index (χ0) is 17.1. The van der Waals surface area contributed by atoms with E-state index in [4.69, 9.17) is 0 Å². The molecule has 0 saturated carbocycles. The molecule has 0 aliphatic carbocycles. The Morgan fingerprint density at radius 2 is 1.72 bits per heavy atom. The first kappa shape index (κ1) is 15.8. The van der Waals surface area contributed by atoms with Crippen LogP contribution in [0.15, 0.2) is 60.7 Å². The number of anilines is 1. The lowest BCUT2D eigenvalue weighted by Gasteiger charge is -2.42. The van der Waals surface area contributed by atoms with E-state index < -0.39 is 0 Å². The minimum absolute atomic E-state index is 0.112. The van der Waals surface area contributed by atoms with Crippen molar-refractivity contribution in [2.75, 3.05) is 24.6 Å². The van der Waals surface area contributed by atoms with Gasteiger partial charge < -0.3 is 10.0 Å². The molecule has 0 spiro atoms. The normalized spacial score (nSPS) is 20.6. The smallest absolute Gasteiger partial charge is 0.250 e. The Morgan fingerprint density at radius 3 is 2.44 bits per heavy atom. The topological polar surface area (TPSA) is 67.1 Å². The molecule has 0 unspecified atom stereocenters. The molecule has 1 aliphatic heterocycles. The maximum atomic E-state index is 10.2. The maximum absolute atomic E-state index is 10.2. The molecule has 0 amide bonds. The van der Waals surface area contributed by atoms with Crippen LogP contribution in [0.1, 0.15) is 18.4 Å². The largest absolute Gasteiger partial charge is 0.395 e. The molecular formula is C19H21N5O. The Kier molecular flexibility index (Phi) is 4.19. The number of para-hydroxylation sites is 1. The molecule has 3 aromatic rings. The number of hydrogen-bond donors (Lipinski definition) is 1. The van der Waals surface area contributed by atoms with Gasteiger partial charge in [0.05, 0.1) is 12.3 Å². The summed E-state index contributed by atoms with van der Waals surface area (Å²) in [5.74, 6) is 0.722. The van der Waals surface area contributed by atoms with Crippen LogP contribution < -0.4 is 4.90 Å². The van der Waals surface area contributed by atoms with E-state index in [1.807, 2.05) is 48.5 Å². The molecule has 128 valence electrons. The van der Waals surface area contributed by atoms with Crippen LogP contribution in [-0.2, 0) is 5.41 Å². The van der Waals surface area contributed by atoms with Gasteiger partial charge in [0.1, 0.15) is 0 Å². The summed E-state index contributed by atoms with van der Waals surface area (Å²) in [5.41, 5.74) is 1.82. The van der Waals surface area contributed by atoms with Crippen molar-refractivity contribution in [2.24, 2.45) is 0 Å². The van der Waals surface area contributed by atoms with Crippen LogP contribution in [0.3, 0.4) is 0 Å². The van der Waals surface area contributed by atoms with Crippen molar-refractivity contribution in [1.82, 2.24) is 20.2 Å². The molecule has 1 N–H and O–H groups in total. The number of nitrogens with zero attached hydrogens (tertiary/aromatic N) is 5. The zero-order valence-electron chi connectivity index (χ0n) is 14.0. The van der Waals surface area contributed by atoms with Crippen LogP contribution in [0.25, 0.3) is 5.69 Å². The minimum Gasteiger partial charge on any atom is -0.395 e. The SMILES string of the molecule is OC[C@]1(c2ccccc2)CCCN(c2nnnn2-c2ccccc2)C1. The van der Waals surface area contributed by atoms with Gasteiger partial charge in [-0.05, 0) is 41.0 Å². The predicted molar refractivity (Wildman–Crippen MR) is 95.8 cm³/mol. The van der Waals surface area contributed by atoms with Crippen LogP contribution in [0.2, 0.25) is 0 Å². The molecule has 1 aliphatic rings. The molecule has 2 aromatic carbocycles. The number of aliphatic hydroxyl groups is 1. The first-order valence-electron chi connectivity index (χ1n) is 8.58. The van der Waals surface area contributed by atoms with Crippen molar-refractivity contribution in [3.05, 3.63) is 66.2 Å². The van der Waals surface area contributed by atoms with Gasteiger partial charge in [-0.1, -0.05) is 53.6 Å². The van der Waals surface area contributed by atoms with Crippen molar-refractivity contribution in [1.29, 1.82) is 0 Å². The molecular weight excluding hydrogens is 314 g/mol. The highest BCUT2D eigenvalue weighted by Crippen LogP contribution is 2.35. The molecule has 1 aromatic heterocycles. The first-order valence-corrected chi connectivity index (χ1v) is 8.58. The maximum Gasteiger partial charge on any atom is 0.250 e. The minimum atomic E-state index is -0.285. The number of aromatic nitrogens is 4. The third-order valence-corrected chi connectivity index (χ3v) is 5.00. The lowest BCUT2D eigenvalue weighted by atomic mass is 9.75. The fourth-order valence-corrected chi connectivity index (χ4v) is 3.67. The monoisotopic (exact) mass is 335 g/mol. The second-order valence-corrected chi connectivity index (χ2v) is 6.56. The number of tetrazole rings is 1. The summed E-state index contributed by atoms with van der Waals surface area (Å²) < 4.78 is 1.76. The van der Waals surface area contributed by atoms with Crippen molar-refractivity contribution in [3.63, 3.8) is 0 Å². The number of benzene rings is 2. The quantitative estimate of drug-likeness (QED) is 0.792. The van der Waals surface area contributed by atoms with E-state index in [0.29, 0.717) is 6.54 Å². The van der Waals surface area contributed by atoms with Crippen LogP contribution >= 0.6 is 0 Å². The summed E-state index contributed by atoms with van der Waals surface area (Å²) >= 11 is 0. The lowest BCUT2D eigenvalue weighted by molar-refractivity contribution is 0.171. The fraction of sp³-hybridized carbons (Fsp3) is 0.316. The molecule has 2 heterocycles. The van der Waals surface area contributed by atoms with Gasteiger partial charge in [0.25, 0.3) is 0 Å². The van der Waals surface area contributed by atoms with E-state index in [1.54, 1.807) is 4.68 Å². The van der Waals surface area contributed by atoms with E-state index in [-0.39, 0.29) is 12.0 Å². The number of rotatable bonds is 4. The summed E-state index contributed by atoms with van der Waals surface area (Å²) in [6.07, 6.45) is 1.94. The average molecular weight is 335 g/mol. The van der Waals surface area contributed by atoms with E-state index in [9.17, 15) is 5.11 Å². The highest BCUT2D eigenvalue weighted by molar-refractivity contribution is 5.43. The third-order valence-electron chi connectivity index (χ3n) is 5.00. The van der Waals surface area contributed by atoms with Gasteiger partial charge in [-0.25, -0.2) is 0 Å². The second kappa shape index (κ2) is 6.64. The lowest BCUT2D eigenvalue weighted by Crippen LogP contribution is -2.49. The van der Waals surface area contributed by atoms with E-state index in [1.165, 1.54) is 5.56 Å². The van der Waals surface area contributed by atoms with Gasteiger partial charge in [-0.3, -0.25) is 0 Å². The highest BCUT2D eigenvalue weighted by Gasteiger charge is 2.38. The molecule has 1 fully saturated rings. The summed E-state index contributed by atoms with van der Waals surface area (Å²) in [6.45, 7) is 1.68. The molecule has 0 radical (unpaired) electrons. The summed E-state index contributed by atoms with van der Waals surface area (Å²) in [5, 5.41) is 22.5. The summed E-state index contributed by atoms with van der Waals surface area (Å²) in [7, 11) is 0. The molecule has 1 atom stereocenters. The molecule has 25 heavy (non-hydrogen) atoms. The Morgan fingerprint density at radius 1 is 1.00 bits per heavy atom. The first-order chi connectivity index (χ1) is 12.3. The number of piperidine rings is 1. The Hall–Kier alpha value is -2.73. The van der Waals surface area contributed by atoms with E-state index in [0.717, 1.165) is 31.0 Å². The van der Waals surface area contributed by atoms with Crippen molar-refractivity contribution < 1.29 is 5.11 Å². The van der Waals surface area contributed by atoms with Crippen LogP contribution in [0, 0.1) is 0 Å². The number of aliphatic hydroxyl groups excluding tert-OH is 1. The Balaban J connectivity index is 1.68. The summed E-state index contributed by atoms with van der Waals surface area (Å²) in [4.78, 5) is 2.18. The Labute approximate surface area is 146 Å². The third kappa shape index (κ3) is 2.89. The van der Waals surface area contributed by atoms with Crippen LogP contribution in [0.4, 0.5) is 5.95 Å². The van der Waals surface area contributed by atoms with Crippen molar-refractivity contribution in [3.8, 4) is 5.69 Å². The Bertz CT molecular complexity index is 820. The van der Waals surface area contributed by atoms with Crippen LogP contribution in [0.5, 0.6) is 0 Å². The fourth-order valence-electron chi connectivity index (χ4n) is 3.67. The molecule has 0 bridgehead atoms. The zero-order valence-corrected chi connectivity index (χ0v) is 14.0. The number of hydrogen-bond acceptors (Lipinski definition) is 5. The van der Waals surface area contributed by atoms with Gasteiger partial charge in [-0.2, -0.15) is 4.68 Å². The molecule has 4 rings (SSSR count). The average Bonchev–Trinajstić information content (AvgIpc) is 3.19. The van der Waals surface area contributed by atoms with E-state index >= 15 is 0 Å². The van der Waals surface area contributed by atoms with E-state index in [2.05, 4.69) is 32.6 Å². The van der Waals surface area contributed by atoms with Gasteiger partial charge in [0, 0.05) is 18.5 Å². The molecule has 6 heteroatoms. The molecule has 1 saturated heterocycles. The van der Waals surface area contributed by atoms with Gasteiger partial charge in [-0.15, -0.1) is 0 Å². The van der Waals surface area contributed by atoms with Gasteiger partial charge >= 0.3 is 0 Å². The second-order valence-electron chi connectivity index (χ2n) is 6.56. The molecule has 6 nitrogen and oxygen atoms in total. The van der Waals surface area contributed by atoms with Gasteiger partial charge in [0.15, 0.2) is 0 Å². The predicted octanol–water partition coefficient (Wildman–Crippen LogP) is 2.19. The summed E-state index contributed by atoms with van der Waals surface area (Å²) in [6, 6.07) is 20.1. The van der Waals surface area contributed by atoms with Gasteiger partial charge in [0.2, 0.25) is 5.95 Å². The van der Waals surface area contributed by atoms with Crippen molar-refractivity contribution in [2.45, 2.75) is 18.3 Å². The van der Waals surface area contributed by atoms with Crippen LogP contribution in [-0.4, -0.2) is 45.0 Å².